The van der Waals surface area contributed by atoms with E-state index >= 15 is 0 Å². The van der Waals surface area contributed by atoms with Crippen LogP contribution in [0.15, 0.2) is 0 Å². The lowest BCUT2D eigenvalue weighted by Gasteiger charge is -2.12. The van der Waals surface area contributed by atoms with Gasteiger partial charge in [-0.1, -0.05) is 0 Å². The summed E-state index contributed by atoms with van der Waals surface area (Å²) in [6, 6.07) is -0.810. The summed E-state index contributed by atoms with van der Waals surface area (Å²) in [4.78, 5) is 10.5. The molecule has 0 heterocycles. The Balaban J connectivity index is -0.000000482. The summed E-state index contributed by atoms with van der Waals surface area (Å²) < 4.78 is 10.0. The summed E-state index contributed by atoms with van der Waals surface area (Å²) >= 11 is 0. The average Bonchev–Trinajstić information content (AvgIpc) is 2.31. The quantitative estimate of drug-likeness (QED) is 0.252. The number of aliphatic hydroxyl groups is 1. The topological polar surface area (TPSA) is 102 Å². The molecule has 0 aliphatic rings. The zero-order chi connectivity index (χ0) is 14.0. The summed E-state index contributed by atoms with van der Waals surface area (Å²) in [5.41, 5.74) is 5.41. The van der Waals surface area contributed by atoms with E-state index in [-0.39, 0.29) is 55.8 Å². The fourth-order valence-corrected chi connectivity index (χ4v) is 2.85. The zero-order valence-electron chi connectivity index (χ0n) is 12.3. The smallest absolute Gasteiger partial charge is 0.320 e. The van der Waals surface area contributed by atoms with Gasteiger partial charge < -0.3 is 37.8 Å². The molecule has 0 aromatic carbocycles. The molecule has 0 rings (SSSR count). The predicted molar refractivity (Wildman–Crippen MR) is 89.6 cm³/mol. The molecule has 0 radical (unpaired) electrons. The number of ether oxygens (including phenoxy) is 2. The second-order valence-corrected chi connectivity index (χ2v) is 6.41. The summed E-state index contributed by atoms with van der Waals surface area (Å²) in [6.45, 7) is 1.26. The maximum Gasteiger partial charge on any atom is 0.320 e. The Morgan fingerprint density at radius 3 is 2.43 bits per heavy atom. The molecule has 4 N–H and O–H groups in total. The maximum atomic E-state index is 10.5. The number of aliphatic carboxylic acids is 1. The molecule has 21 heavy (non-hydrogen) atoms. The van der Waals surface area contributed by atoms with Crippen molar-refractivity contribution in [2.45, 2.75) is 18.6 Å². The number of halogens is 2. The Morgan fingerprint density at radius 1 is 1.38 bits per heavy atom. The van der Waals surface area contributed by atoms with E-state index in [9.17, 15) is 9.90 Å². The second kappa shape index (κ2) is 18.6. The first-order valence-electron chi connectivity index (χ1n) is 5.79. The molecule has 0 fully saturated rings. The molecule has 0 aromatic rings. The number of carboxylic acids is 1. The van der Waals surface area contributed by atoms with Gasteiger partial charge in [-0.2, -0.15) is 13.5 Å². The first kappa shape index (κ1) is 29.6. The number of hydrogen-bond donors (Lipinski definition) is 3. The van der Waals surface area contributed by atoms with Gasteiger partial charge in [-0.15, -0.1) is 12.4 Å². The molecule has 0 saturated heterocycles. The number of hydrogen-bond acceptors (Lipinski definition) is 5. The highest BCUT2D eigenvalue weighted by molar-refractivity contribution is 7.96. The Hall–Kier alpha value is 0.590. The maximum absolute atomic E-state index is 10.5. The van der Waals surface area contributed by atoms with Crippen LogP contribution in [0.25, 0.3) is 0 Å². The standard InChI is InChI=1S/C11H23NO5S.2ClH.H2S/c1-16-4-5-17-7-9(13)8-18(2)6-3-10(12)11(14)15;;;/h9-10,13H,3-8,12H2,1-2H3;2*1H;1H2/t9?,10-,18?;;;/m0.../s1. The van der Waals surface area contributed by atoms with Crippen LogP contribution < -0.4 is 18.1 Å². The lowest BCUT2D eigenvalue weighted by Crippen LogP contribution is -3.00. The van der Waals surface area contributed by atoms with Gasteiger partial charge >= 0.3 is 5.97 Å². The van der Waals surface area contributed by atoms with Crippen LogP contribution in [0.1, 0.15) is 6.42 Å². The third-order valence-corrected chi connectivity index (χ3v) is 4.20. The molecule has 0 aromatic heterocycles. The highest BCUT2D eigenvalue weighted by Gasteiger charge is 2.21. The monoisotopic (exact) mass is 387 g/mol. The van der Waals surface area contributed by atoms with Crippen molar-refractivity contribution in [2.75, 3.05) is 44.7 Å². The summed E-state index contributed by atoms with van der Waals surface area (Å²) in [5.74, 6) is 0.345. The van der Waals surface area contributed by atoms with Crippen molar-refractivity contribution in [1.82, 2.24) is 0 Å². The molecule has 10 heteroatoms. The Labute approximate surface area is 148 Å². The number of nitrogens with two attached hydrogens (primary N) is 1. The van der Waals surface area contributed by atoms with Crippen molar-refractivity contribution >= 4 is 42.8 Å². The first-order valence-corrected chi connectivity index (χ1v) is 7.76. The van der Waals surface area contributed by atoms with Crippen molar-refractivity contribution in [1.29, 1.82) is 0 Å². The van der Waals surface area contributed by atoms with Gasteiger partial charge in [0, 0.05) is 13.5 Å². The lowest BCUT2D eigenvalue weighted by atomic mass is 10.2. The zero-order valence-corrected chi connectivity index (χ0v) is 15.7. The summed E-state index contributed by atoms with van der Waals surface area (Å²) in [7, 11) is 1.54. The fraction of sp³-hybridized carbons (Fsp3) is 0.909. The van der Waals surface area contributed by atoms with E-state index in [0.29, 0.717) is 31.1 Å². The van der Waals surface area contributed by atoms with Crippen LogP contribution in [0.4, 0.5) is 0 Å². The minimum absolute atomic E-state index is 0. The number of methoxy groups -OCH3 is 1. The molecule has 2 unspecified atom stereocenters. The molecule has 0 amide bonds. The van der Waals surface area contributed by atoms with Crippen LogP contribution in [0, 0.1) is 0 Å². The fourth-order valence-electron chi connectivity index (χ4n) is 1.27. The van der Waals surface area contributed by atoms with Crippen molar-refractivity contribution in [3.05, 3.63) is 0 Å². The molecule has 6 nitrogen and oxygen atoms in total. The molecule has 0 bridgehead atoms. The SMILES string of the molecule is COCCOCC(O)C[S+](C)CC[C@H](N)C(=O)O.Cl.S.[Cl-]. The second-order valence-electron chi connectivity index (χ2n) is 4.11. The van der Waals surface area contributed by atoms with Crippen molar-refractivity contribution < 1.29 is 36.9 Å². The van der Waals surface area contributed by atoms with E-state index in [0.717, 1.165) is 0 Å². The lowest BCUT2D eigenvalue weighted by molar-refractivity contribution is -0.138. The van der Waals surface area contributed by atoms with Gasteiger partial charge in [0.1, 0.15) is 23.7 Å². The molecule has 0 aliphatic heterocycles. The third kappa shape index (κ3) is 18.5. The molecular formula is C11H27Cl2NO5S2. The number of carboxylic acid groups (broad SMARTS) is 1. The Morgan fingerprint density at radius 2 is 1.95 bits per heavy atom. The van der Waals surface area contributed by atoms with Crippen molar-refractivity contribution in [3.8, 4) is 0 Å². The number of carbonyl (C=O) groups is 1. The first-order chi connectivity index (χ1) is 8.47. The molecule has 0 saturated carbocycles. The summed E-state index contributed by atoms with van der Waals surface area (Å²) in [6.07, 6.45) is 1.91. The minimum Gasteiger partial charge on any atom is -1.00 e. The van der Waals surface area contributed by atoms with Gasteiger partial charge in [0.25, 0.3) is 0 Å². The molecular weight excluding hydrogens is 361 g/mol. The Bertz CT molecular complexity index is 243. The normalized spacial score (nSPS) is 13.9. The van der Waals surface area contributed by atoms with Gasteiger partial charge in [0.05, 0.1) is 26.1 Å². The number of rotatable bonds is 11. The van der Waals surface area contributed by atoms with Gasteiger partial charge in [0.2, 0.25) is 0 Å². The molecule has 0 spiro atoms. The van der Waals surface area contributed by atoms with E-state index in [2.05, 4.69) is 0 Å². The van der Waals surface area contributed by atoms with Gasteiger partial charge in [-0.25, -0.2) is 0 Å². The van der Waals surface area contributed by atoms with E-state index in [1.165, 1.54) is 0 Å². The predicted octanol–water partition coefficient (Wildman–Crippen LogP) is -3.40. The largest absolute Gasteiger partial charge is 1.00 e. The molecule has 132 valence electrons. The minimum atomic E-state index is -0.976. The van der Waals surface area contributed by atoms with E-state index in [1.54, 1.807) is 7.11 Å². The van der Waals surface area contributed by atoms with E-state index < -0.39 is 18.1 Å². The van der Waals surface area contributed by atoms with Crippen LogP contribution in [-0.4, -0.2) is 73.0 Å². The van der Waals surface area contributed by atoms with Crippen molar-refractivity contribution in [3.63, 3.8) is 0 Å². The van der Waals surface area contributed by atoms with Crippen LogP contribution in [0.5, 0.6) is 0 Å². The summed E-state index contributed by atoms with van der Waals surface area (Å²) in [5, 5.41) is 18.3. The van der Waals surface area contributed by atoms with E-state index in [1.807, 2.05) is 6.26 Å². The van der Waals surface area contributed by atoms with Crippen LogP contribution in [-0.2, 0) is 25.2 Å². The van der Waals surface area contributed by atoms with Crippen LogP contribution >= 0.6 is 25.9 Å². The number of aliphatic hydroxyl groups excluding tert-OH is 1. The molecule has 0 aliphatic carbocycles. The van der Waals surface area contributed by atoms with Crippen molar-refractivity contribution in [2.24, 2.45) is 5.73 Å². The van der Waals surface area contributed by atoms with Crippen LogP contribution in [0.2, 0.25) is 0 Å². The highest BCUT2D eigenvalue weighted by atomic mass is 35.5. The van der Waals surface area contributed by atoms with E-state index in [4.69, 9.17) is 20.3 Å². The van der Waals surface area contributed by atoms with Crippen LogP contribution in [0.3, 0.4) is 0 Å². The van der Waals surface area contributed by atoms with Gasteiger partial charge in [-0.3, -0.25) is 4.79 Å². The average molecular weight is 388 g/mol. The third-order valence-electron chi connectivity index (χ3n) is 2.31. The molecule has 3 atom stereocenters. The van der Waals surface area contributed by atoms with Gasteiger partial charge in [-0.05, 0) is 10.9 Å². The Kier molecular flexibility index (Phi) is 26.3. The van der Waals surface area contributed by atoms with Gasteiger partial charge in [0.15, 0.2) is 0 Å². The highest BCUT2D eigenvalue weighted by Crippen LogP contribution is 2.01.